The van der Waals surface area contributed by atoms with Gasteiger partial charge in [-0.3, -0.25) is 9.59 Å². The molecule has 148 valence electrons. The number of thiazole rings is 1. The molecule has 2 aromatic rings. The number of ether oxygens (including phenoxy) is 1. The van der Waals surface area contributed by atoms with Crippen molar-refractivity contribution in [3.05, 3.63) is 45.4 Å². The van der Waals surface area contributed by atoms with E-state index in [-0.39, 0.29) is 30.5 Å². The molecular formula is C21H25N3O3S. The molecule has 1 aromatic carbocycles. The van der Waals surface area contributed by atoms with E-state index < -0.39 is 0 Å². The van der Waals surface area contributed by atoms with Crippen LogP contribution in [0.4, 0.5) is 0 Å². The van der Waals surface area contributed by atoms with E-state index in [1.54, 1.807) is 11.3 Å². The van der Waals surface area contributed by atoms with Crippen molar-refractivity contribution in [3.63, 3.8) is 0 Å². The van der Waals surface area contributed by atoms with Crippen molar-refractivity contribution >= 4 is 23.2 Å². The topological polar surface area (TPSA) is 62.7 Å². The third-order valence-electron chi connectivity index (χ3n) is 5.70. The van der Waals surface area contributed by atoms with Crippen molar-refractivity contribution in [2.24, 2.45) is 0 Å². The molecule has 4 rings (SSSR count). The van der Waals surface area contributed by atoms with Crippen LogP contribution in [-0.4, -0.2) is 51.8 Å². The molecule has 28 heavy (non-hydrogen) atoms. The molecule has 2 amide bonds. The quantitative estimate of drug-likeness (QED) is 0.776. The number of carbonyl (C=O) groups excluding carboxylic acids is 2. The number of carbonyl (C=O) groups is 2. The normalized spacial score (nSPS) is 21.3. The highest BCUT2D eigenvalue weighted by Crippen LogP contribution is 2.34. The van der Waals surface area contributed by atoms with Crippen molar-refractivity contribution < 1.29 is 14.3 Å². The standard InChI is InChI=1S/C21H25N3O3S/c1-13-4-6-16(7-5-13)27-12-21(26)23-9-8-17-18(23)10-20(25)24(17)11-19-22-14(2)15(3)28-19/h4-7,17-18H,8-12H2,1-3H3/t17-,18-/m0/s1. The van der Waals surface area contributed by atoms with Crippen LogP contribution in [0.1, 0.15) is 34.0 Å². The minimum absolute atomic E-state index is 0.00530. The van der Waals surface area contributed by atoms with Gasteiger partial charge in [0.1, 0.15) is 10.8 Å². The summed E-state index contributed by atoms with van der Waals surface area (Å²) in [5, 5.41) is 0.969. The number of likely N-dealkylation sites (tertiary alicyclic amines) is 2. The molecule has 2 atom stereocenters. The Balaban J connectivity index is 1.38. The van der Waals surface area contributed by atoms with Crippen LogP contribution in [0.5, 0.6) is 5.75 Å². The van der Waals surface area contributed by atoms with Crippen LogP contribution < -0.4 is 4.74 Å². The zero-order chi connectivity index (χ0) is 19.8. The van der Waals surface area contributed by atoms with Gasteiger partial charge in [0.25, 0.3) is 5.91 Å². The molecular weight excluding hydrogens is 374 g/mol. The third-order valence-corrected chi connectivity index (χ3v) is 6.75. The van der Waals surface area contributed by atoms with E-state index in [0.29, 0.717) is 25.3 Å². The summed E-state index contributed by atoms with van der Waals surface area (Å²) in [5.74, 6) is 0.745. The van der Waals surface area contributed by atoms with Gasteiger partial charge in [-0.15, -0.1) is 11.3 Å². The van der Waals surface area contributed by atoms with E-state index in [1.165, 1.54) is 4.88 Å². The lowest BCUT2D eigenvalue weighted by atomic mass is 10.1. The van der Waals surface area contributed by atoms with Gasteiger partial charge in [-0.05, 0) is 39.3 Å². The van der Waals surface area contributed by atoms with E-state index in [9.17, 15) is 9.59 Å². The Hall–Kier alpha value is -2.41. The first-order chi connectivity index (χ1) is 13.4. The van der Waals surface area contributed by atoms with Gasteiger partial charge in [-0.2, -0.15) is 0 Å². The van der Waals surface area contributed by atoms with Crippen molar-refractivity contribution in [1.29, 1.82) is 0 Å². The number of hydrogen-bond acceptors (Lipinski definition) is 5. The maximum absolute atomic E-state index is 12.7. The maximum atomic E-state index is 12.7. The summed E-state index contributed by atoms with van der Waals surface area (Å²) in [5.41, 5.74) is 2.18. The highest BCUT2D eigenvalue weighted by Gasteiger charge is 2.48. The van der Waals surface area contributed by atoms with Gasteiger partial charge >= 0.3 is 0 Å². The number of benzene rings is 1. The van der Waals surface area contributed by atoms with Crippen LogP contribution in [0.15, 0.2) is 24.3 Å². The van der Waals surface area contributed by atoms with Crippen LogP contribution in [0.3, 0.4) is 0 Å². The first kappa shape index (κ1) is 18.9. The molecule has 1 aromatic heterocycles. The lowest BCUT2D eigenvalue weighted by molar-refractivity contribution is -0.134. The number of aryl methyl sites for hydroxylation is 3. The van der Waals surface area contributed by atoms with E-state index >= 15 is 0 Å². The Labute approximate surface area is 169 Å². The lowest BCUT2D eigenvalue weighted by Gasteiger charge is -2.25. The third kappa shape index (κ3) is 3.63. The van der Waals surface area contributed by atoms with E-state index in [1.807, 2.05) is 47.9 Å². The molecule has 2 aliphatic rings. The summed E-state index contributed by atoms with van der Waals surface area (Å²) in [4.78, 5) is 34.8. The summed E-state index contributed by atoms with van der Waals surface area (Å²) in [7, 11) is 0. The highest BCUT2D eigenvalue weighted by atomic mass is 32.1. The Morgan fingerprint density at radius 1 is 1.21 bits per heavy atom. The Morgan fingerprint density at radius 3 is 2.64 bits per heavy atom. The average Bonchev–Trinajstić information content (AvgIpc) is 3.30. The number of rotatable bonds is 5. The lowest BCUT2D eigenvalue weighted by Crippen LogP contribution is -2.41. The molecule has 2 fully saturated rings. The molecule has 0 N–H and O–H groups in total. The summed E-state index contributed by atoms with van der Waals surface area (Å²) in [6.45, 7) is 7.28. The molecule has 2 aliphatic heterocycles. The molecule has 3 heterocycles. The van der Waals surface area contributed by atoms with E-state index in [0.717, 1.165) is 22.7 Å². The van der Waals surface area contributed by atoms with Gasteiger partial charge in [0.15, 0.2) is 6.61 Å². The molecule has 0 saturated carbocycles. The van der Waals surface area contributed by atoms with Gasteiger partial charge in [0.2, 0.25) is 5.91 Å². The monoisotopic (exact) mass is 399 g/mol. The van der Waals surface area contributed by atoms with Crippen molar-refractivity contribution in [2.75, 3.05) is 13.2 Å². The van der Waals surface area contributed by atoms with Crippen LogP contribution in [0.25, 0.3) is 0 Å². The first-order valence-corrected chi connectivity index (χ1v) is 10.5. The van der Waals surface area contributed by atoms with Crippen molar-refractivity contribution in [1.82, 2.24) is 14.8 Å². The van der Waals surface area contributed by atoms with Crippen LogP contribution in [-0.2, 0) is 16.1 Å². The molecule has 7 heteroatoms. The Bertz CT molecular complexity index is 873. The molecule has 0 bridgehead atoms. The van der Waals surface area contributed by atoms with Gasteiger partial charge in [0.05, 0.1) is 24.3 Å². The van der Waals surface area contributed by atoms with Crippen LogP contribution >= 0.6 is 11.3 Å². The zero-order valence-corrected chi connectivity index (χ0v) is 17.3. The summed E-state index contributed by atoms with van der Waals surface area (Å²) >= 11 is 1.65. The number of fused-ring (bicyclic) bond motifs is 1. The minimum atomic E-state index is -0.0522. The minimum Gasteiger partial charge on any atom is -0.484 e. The molecule has 0 aliphatic carbocycles. The number of nitrogens with zero attached hydrogens (tertiary/aromatic N) is 3. The fourth-order valence-corrected chi connectivity index (χ4v) is 4.99. The van der Waals surface area contributed by atoms with Gasteiger partial charge in [-0.1, -0.05) is 17.7 Å². The Kier molecular flexibility index (Phi) is 5.10. The molecule has 0 spiro atoms. The average molecular weight is 400 g/mol. The van der Waals surface area contributed by atoms with Crippen LogP contribution in [0, 0.1) is 20.8 Å². The number of aromatic nitrogens is 1. The summed E-state index contributed by atoms with van der Waals surface area (Å²) in [6.07, 6.45) is 1.21. The summed E-state index contributed by atoms with van der Waals surface area (Å²) in [6, 6.07) is 7.69. The fourth-order valence-electron chi connectivity index (χ4n) is 4.06. The molecule has 0 radical (unpaired) electrons. The van der Waals surface area contributed by atoms with E-state index in [2.05, 4.69) is 11.9 Å². The predicted octanol–water partition coefficient (Wildman–Crippen LogP) is 2.85. The molecule has 6 nitrogen and oxygen atoms in total. The largest absolute Gasteiger partial charge is 0.484 e. The SMILES string of the molecule is Cc1ccc(OCC(=O)N2CC[C@H]3[C@@H]2CC(=O)N3Cc2nc(C)c(C)s2)cc1. The van der Waals surface area contributed by atoms with Gasteiger partial charge < -0.3 is 14.5 Å². The number of hydrogen-bond donors (Lipinski definition) is 0. The maximum Gasteiger partial charge on any atom is 0.260 e. The summed E-state index contributed by atoms with van der Waals surface area (Å²) < 4.78 is 5.65. The second-order valence-electron chi connectivity index (χ2n) is 7.59. The molecule has 0 unspecified atom stereocenters. The predicted molar refractivity (Wildman–Crippen MR) is 107 cm³/mol. The zero-order valence-electron chi connectivity index (χ0n) is 16.5. The van der Waals surface area contributed by atoms with Gasteiger partial charge in [0, 0.05) is 17.8 Å². The smallest absolute Gasteiger partial charge is 0.260 e. The molecule has 2 saturated heterocycles. The second kappa shape index (κ2) is 7.54. The van der Waals surface area contributed by atoms with Gasteiger partial charge in [-0.25, -0.2) is 4.98 Å². The fraction of sp³-hybridized carbons (Fsp3) is 0.476. The highest BCUT2D eigenvalue weighted by molar-refractivity contribution is 7.11. The van der Waals surface area contributed by atoms with Crippen molar-refractivity contribution in [3.8, 4) is 5.75 Å². The number of amides is 2. The first-order valence-electron chi connectivity index (χ1n) is 9.63. The van der Waals surface area contributed by atoms with Crippen molar-refractivity contribution in [2.45, 2.75) is 52.2 Å². The van der Waals surface area contributed by atoms with E-state index in [4.69, 9.17) is 4.74 Å². The second-order valence-corrected chi connectivity index (χ2v) is 8.87. The Morgan fingerprint density at radius 2 is 1.96 bits per heavy atom. The van der Waals surface area contributed by atoms with Crippen LogP contribution in [0.2, 0.25) is 0 Å².